The van der Waals surface area contributed by atoms with Crippen LogP contribution in [0.2, 0.25) is 0 Å². The van der Waals surface area contributed by atoms with Gasteiger partial charge in [-0.2, -0.15) is 0 Å². The minimum Gasteiger partial charge on any atom is -0.352 e. The molecule has 1 saturated heterocycles. The Morgan fingerprint density at radius 3 is 2.84 bits per heavy atom. The third-order valence-electron chi connectivity index (χ3n) is 4.14. The van der Waals surface area contributed by atoms with Gasteiger partial charge in [0.1, 0.15) is 16.7 Å². The second kappa shape index (κ2) is 6.92. The molecule has 0 aliphatic carbocycles. The fraction of sp³-hybridized carbons (Fsp3) is 0.389. The van der Waals surface area contributed by atoms with Crippen LogP contribution in [-0.4, -0.2) is 34.8 Å². The molecule has 1 aliphatic rings. The third kappa shape index (κ3) is 3.42. The smallest absolute Gasteiger partial charge is 0.266 e. The highest BCUT2D eigenvalue weighted by atomic mass is 32.1. The quantitative estimate of drug-likeness (QED) is 0.914. The molecule has 7 heteroatoms. The Labute approximate surface area is 149 Å². The number of aryl methyl sites for hydroxylation is 1. The summed E-state index contributed by atoms with van der Waals surface area (Å²) in [6.07, 6.45) is 0. The van der Waals surface area contributed by atoms with Crippen molar-refractivity contribution in [3.05, 3.63) is 51.2 Å². The monoisotopic (exact) mass is 361 g/mol. The van der Waals surface area contributed by atoms with Crippen LogP contribution in [0, 0.1) is 12.7 Å². The number of carbonyl (C=O) groups is 2. The van der Waals surface area contributed by atoms with Gasteiger partial charge >= 0.3 is 0 Å². The van der Waals surface area contributed by atoms with Gasteiger partial charge in [-0.1, -0.05) is 26.0 Å². The van der Waals surface area contributed by atoms with Crippen molar-refractivity contribution < 1.29 is 14.0 Å². The highest BCUT2D eigenvalue weighted by molar-refractivity contribution is 7.13. The number of nitrogens with one attached hydrogen (secondary N) is 1. The van der Waals surface area contributed by atoms with E-state index in [4.69, 9.17) is 0 Å². The van der Waals surface area contributed by atoms with Gasteiger partial charge in [0.05, 0.1) is 10.7 Å². The zero-order chi connectivity index (χ0) is 18.1. The summed E-state index contributed by atoms with van der Waals surface area (Å²) in [7, 11) is 0. The zero-order valence-electron chi connectivity index (χ0n) is 14.4. The normalized spacial score (nSPS) is 17.7. The molecule has 2 heterocycles. The number of carbonyl (C=O) groups excluding carboxylic acids is 2. The van der Waals surface area contributed by atoms with Crippen molar-refractivity contribution in [2.75, 3.05) is 13.1 Å². The predicted molar refractivity (Wildman–Crippen MR) is 94.1 cm³/mol. The van der Waals surface area contributed by atoms with Crippen LogP contribution >= 0.6 is 11.3 Å². The molecule has 132 valence electrons. The lowest BCUT2D eigenvalue weighted by Crippen LogP contribution is -2.52. The van der Waals surface area contributed by atoms with Crippen molar-refractivity contribution in [1.82, 2.24) is 15.2 Å². The molecule has 2 aromatic rings. The molecule has 0 saturated carbocycles. The lowest BCUT2D eigenvalue weighted by molar-refractivity contribution is -0.128. The molecule has 2 amide bonds. The van der Waals surface area contributed by atoms with Crippen LogP contribution in [0.1, 0.15) is 51.7 Å². The van der Waals surface area contributed by atoms with E-state index in [1.165, 1.54) is 28.4 Å². The molecule has 1 aromatic carbocycles. The van der Waals surface area contributed by atoms with E-state index >= 15 is 0 Å². The molecular weight excluding hydrogens is 341 g/mol. The van der Waals surface area contributed by atoms with Crippen molar-refractivity contribution in [2.24, 2.45) is 0 Å². The first kappa shape index (κ1) is 17.5. The minimum atomic E-state index is -0.832. The van der Waals surface area contributed by atoms with Crippen molar-refractivity contribution in [1.29, 1.82) is 0 Å². The molecule has 0 bridgehead atoms. The van der Waals surface area contributed by atoms with E-state index in [0.717, 1.165) is 5.01 Å². The minimum absolute atomic E-state index is 0.230. The SMILES string of the molecule is Cc1nc(C(C)C)sc1C(=O)N1CCNC(=O)[C@H]1c1cccc(F)c1. The van der Waals surface area contributed by atoms with E-state index in [1.54, 1.807) is 19.1 Å². The number of hydrogen-bond donors (Lipinski definition) is 1. The number of rotatable bonds is 3. The Morgan fingerprint density at radius 1 is 1.44 bits per heavy atom. The molecule has 0 radical (unpaired) electrons. The molecule has 1 N–H and O–H groups in total. The van der Waals surface area contributed by atoms with E-state index in [-0.39, 0.29) is 17.7 Å². The molecule has 1 aromatic heterocycles. The predicted octanol–water partition coefficient (Wildman–Crippen LogP) is 3.03. The number of halogens is 1. The molecule has 0 unspecified atom stereocenters. The number of benzene rings is 1. The Bertz CT molecular complexity index is 818. The van der Waals surface area contributed by atoms with Crippen LogP contribution in [0.25, 0.3) is 0 Å². The molecule has 0 spiro atoms. The third-order valence-corrected chi connectivity index (χ3v) is 5.58. The average molecular weight is 361 g/mol. The summed E-state index contributed by atoms with van der Waals surface area (Å²) in [6, 6.07) is 5.00. The summed E-state index contributed by atoms with van der Waals surface area (Å²) in [4.78, 5) is 32.0. The van der Waals surface area contributed by atoms with E-state index in [9.17, 15) is 14.0 Å². The van der Waals surface area contributed by atoms with Gasteiger partial charge in [0.25, 0.3) is 5.91 Å². The summed E-state index contributed by atoms with van der Waals surface area (Å²) in [6.45, 7) is 6.61. The topological polar surface area (TPSA) is 62.3 Å². The Balaban J connectivity index is 1.98. The number of piperazine rings is 1. The lowest BCUT2D eigenvalue weighted by Gasteiger charge is -2.35. The average Bonchev–Trinajstić information content (AvgIpc) is 2.96. The lowest BCUT2D eigenvalue weighted by atomic mass is 10.0. The van der Waals surface area contributed by atoms with Crippen molar-refractivity contribution >= 4 is 23.2 Å². The van der Waals surface area contributed by atoms with Gasteiger partial charge in [0, 0.05) is 19.0 Å². The van der Waals surface area contributed by atoms with Crippen LogP contribution < -0.4 is 5.32 Å². The van der Waals surface area contributed by atoms with Gasteiger partial charge in [0.2, 0.25) is 5.91 Å². The summed E-state index contributed by atoms with van der Waals surface area (Å²) in [5.74, 6) is -0.726. The van der Waals surface area contributed by atoms with Gasteiger partial charge < -0.3 is 10.2 Å². The highest BCUT2D eigenvalue weighted by Crippen LogP contribution is 2.30. The Kier molecular flexibility index (Phi) is 4.85. The van der Waals surface area contributed by atoms with Crippen molar-refractivity contribution in [3.63, 3.8) is 0 Å². The fourth-order valence-corrected chi connectivity index (χ4v) is 3.91. The standard InChI is InChI=1S/C18H20FN3O2S/c1-10(2)17-21-11(3)15(25-17)18(24)22-8-7-20-16(23)14(22)12-5-4-6-13(19)9-12/h4-6,9-10,14H,7-8H2,1-3H3,(H,20,23)/t14-/m1/s1. The first-order valence-corrected chi connectivity index (χ1v) is 9.01. The van der Waals surface area contributed by atoms with Crippen LogP contribution in [0.5, 0.6) is 0 Å². The van der Waals surface area contributed by atoms with Crippen LogP contribution in [0.15, 0.2) is 24.3 Å². The fourth-order valence-electron chi connectivity index (χ4n) is 2.89. The second-order valence-corrected chi connectivity index (χ2v) is 7.40. The van der Waals surface area contributed by atoms with Gasteiger partial charge in [-0.15, -0.1) is 11.3 Å². The summed E-state index contributed by atoms with van der Waals surface area (Å²) < 4.78 is 13.6. The maximum Gasteiger partial charge on any atom is 0.266 e. The van der Waals surface area contributed by atoms with Crippen molar-refractivity contribution in [2.45, 2.75) is 32.7 Å². The highest BCUT2D eigenvalue weighted by Gasteiger charge is 2.36. The Morgan fingerprint density at radius 2 is 2.20 bits per heavy atom. The number of hydrogen-bond acceptors (Lipinski definition) is 4. The largest absolute Gasteiger partial charge is 0.352 e. The summed E-state index contributed by atoms with van der Waals surface area (Å²) in [5.41, 5.74) is 1.14. The van der Waals surface area contributed by atoms with Gasteiger partial charge in [-0.05, 0) is 24.6 Å². The first-order valence-electron chi connectivity index (χ1n) is 8.20. The molecule has 25 heavy (non-hydrogen) atoms. The van der Waals surface area contributed by atoms with E-state index in [0.29, 0.717) is 29.2 Å². The van der Waals surface area contributed by atoms with Gasteiger partial charge in [-0.25, -0.2) is 9.37 Å². The van der Waals surface area contributed by atoms with Crippen molar-refractivity contribution in [3.8, 4) is 0 Å². The Hall–Kier alpha value is -2.28. The van der Waals surface area contributed by atoms with E-state index in [1.807, 2.05) is 13.8 Å². The molecule has 1 fully saturated rings. The molecule has 5 nitrogen and oxygen atoms in total. The number of nitrogens with zero attached hydrogens (tertiary/aromatic N) is 2. The van der Waals surface area contributed by atoms with Crippen LogP contribution in [0.4, 0.5) is 4.39 Å². The van der Waals surface area contributed by atoms with E-state index < -0.39 is 11.9 Å². The van der Waals surface area contributed by atoms with Gasteiger partial charge in [-0.3, -0.25) is 9.59 Å². The van der Waals surface area contributed by atoms with Gasteiger partial charge in [0.15, 0.2) is 0 Å². The van der Waals surface area contributed by atoms with E-state index in [2.05, 4.69) is 10.3 Å². The molecular formula is C18H20FN3O2S. The maximum absolute atomic E-state index is 13.6. The number of thiazole rings is 1. The zero-order valence-corrected chi connectivity index (χ0v) is 15.2. The first-order chi connectivity index (χ1) is 11.9. The number of aromatic nitrogens is 1. The molecule has 1 atom stereocenters. The maximum atomic E-state index is 13.6. The second-order valence-electron chi connectivity index (χ2n) is 6.37. The van der Waals surface area contributed by atoms with Crippen LogP contribution in [-0.2, 0) is 4.79 Å². The summed E-state index contributed by atoms with van der Waals surface area (Å²) in [5, 5.41) is 3.65. The van der Waals surface area contributed by atoms with Crippen LogP contribution in [0.3, 0.4) is 0 Å². The summed E-state index contributed by atoms with van der Waals surface area (Å²) >= 11 is 1.36. The number of amides is 2. The molecule has 3 rings (SSSR count). The molecule has 1 aliphatic heterocycles.